The van der Waals surface area contributed by atoms with E-state index in [0.29, 0.717) is 19.8 Å². The lowest BCUT2D eigenvalue weighted by atomic mass is 10.1. The highest BCUT2D eigenvalue weighted by Gasteiger charge is 2.22. The Hall–Kier alpha value is -1.47. The molecule has 1 aromatic heterocycles. The molecule has 0 spiro atoms. The van der Waals surface area contributed by atoms with Gasteiger partial charge in [0, 0.05) is 12.5 Å². The highest BCUT2D eigenvalue weighted by Crippen LogP contribution is 2.25. The van der Waals surface area contributed by atoms with Gasteiger partial charge in [-0.05, 0) is 18.0 Å². The molecule has 2 rings (SSSR count). The van der Waals surface area contributed by atoms with Crippen molar-refractivity contribution in [1.82, 2.24) is 9.97 Å². The minimum absolute atomic E-state index is 0.0757. The summed E-state index contributed by atoms with van der Waals surface area (Å²) in [5.74, 6) is 0.144. The van der Waals surface area contributed by atoms with Gasteiger partial charge < -0.3 is 9.47 Å². The van der Waals surface area contributed by atoms with Crippen molar-refractivity contribution < 1.29 is 14.4 Å². The molecule has 8 heteroatoms. The van der Waals surface area contributed by atoms with E-state index in [9.17, 15) is 10.1 Å². The Morgan fingerprint density at radius 2 is 2.53 bits per heavy atom. The van der Waals surface area contributed by atoms with E-state index in [1.54, 1.807) is 0 Å². The number of ether oxygens (including phenoxy) is 2. The maximum absolute atomic E-state index is 10.7. The normalized spacial score (nSPS) is 19.2. The number of aromatic nitrogens is 2. The van der Waals surface area contributed by atoms with Gasteiger partial charge in [0.15, 0.2) is 0 Å². The molecule has 0 N–H and O–H groups in total. The molecule has 0 aliphatic carbocycles. The van der Waals surface area contributed by atoms with Crippen LogP contribution in [0.3, 0.4) is 0 Å². The minimum atomic E-state index is -0.600. The van der Waals surface area contributed by atoms with Crippen molar-refractivity contribution in [1.29, 1.82) is 0 Å². The van der Waals surface area contributed by atoms with Crippen LogP contribution in [0.2, 0.25) is 5.28 Å². The van der Waals surface area contributed by atoms with E-state index in [2.05, 4.69) is 9.97 Å². The number of halogens is 1. The topological polar surface area (TPSA) is 87.4 Å². The van der Waals surface area contributed by atoms with Crippen molar-refractivity contribution in [3.05, 3.63) is 21.6 Å². The summed E-state index contributed by atoms with van der Waals surface area (Å²) in [7, 11) is 0. The zero-order valence-corrected chi connectivity index (χ0v) is 9.59. The Labute approximate surface area is 102 Å². The van der Waals surface area contributed by atoms with Gasteiger partial charge in [-0.3, -0.25) is 10.1 Å². The van der Waals surface area contributed by atoms with E-state index >= 15 is 0 Å². The monoisotopic (exact) mass is 259 g/mol. The van der Waals surface area contributed by atoms with Crippen LogP contribution in [0.4, 0.5) is 5.69 Å². The summed E-state index contributed by atoms with van der Waals surface area (Å²) in [6.07, 6.45) is 1.92. The maximum atomic E-state index is 10.7. The Morgan fingerprint density at radius 1 is 1.71 bits per heavy atom. The van der Waals surface area contributed by atoms with Gasteiger partial charge in [0.05, 0.1) is 18.1 Å². The number of hydrogen-bond acceptors (Lipinski definition) is 6. The van der Waals surface area contributed by atoms with Gasteiger partial charge in [-0.15, -0.1) is 0 Å². The molecule has 1 aliphatic rings. The van der Waals surface area contributed by atoms with Crippen LogP contribution >= 0.6 is 11.6 Å². The van der Waals surface area contributed by atoms with Crippen molar-refractivity contribution >= 4 is 17.3 Å². The van der Waals surface area contributed by atoms with E-state index in [1.165, 1.54) is 0 Å². The summed E-state index contributed by atoms with van der Waals surface area (Å²) >= 11 is 5.57. The number of hydrogen-bond donors (Lipinski definition) is 0. The van der Waals surface area contributed by atoms with Crippen molar-refractivity contribution in [2.75, 3.05) is 19.8 Å². The molecule has 92 valence electrons. The van der Waals surface area contributed by atoms with E-state index in [1.807, 2.05) is 0 Å². The molecule has 7 nitrogen and oxygen atoms in total. The van der Waals surface area contributed by atoms with Gasteiger partial charge in [0.25, 0.3) is 5.88 Å². The standard InChI is InChI=1S/C9H10ClN3O4/c10-9-11-3-7(13(14)15)8(12-9)17-5-6-1-2-16-4-6/h3,6H,1-2,4-5H2. The first-order chi connectivity index (χ1) is 8.16. The number of nitrogens with zero attached hydrogens (tertiary/aromatic N) is 3. The molecule has 0 saturated carbocycles. The first-order valence-corrected chi connectivity index (χ1v) is 5.42. The third kappa shape index (κ3) is 3.01. The third-order valence-corrected chi connectivity index (χ3v) is 2.56. The Kier molecular flexibility index (Phi) is 3.70. The van der Waals surface area contributed by atoms with E-state index in [-0.39, 0.29) is 22.8 Å². The highest BCUT2D eigenvalue weighted by atomic mass is 35.5. The summed E-state index contributed by atoms with van der Waals surface area (Å²) < 4.78 is 10.5. The summed E-state index contributed by atoms with van der Waals surface area (Å²) in [6.45, 7) is 1.63. The summed E-state index contributed by atoms with van der Waals surface area (Å²) in [5, 5.41) is 10.6. The fourth-order valence-electron chi connectivity index (χ4n) is 1.48. The van der Waals surface area contributed by atoms with Gasteiger partial charge in [0.2, 0.25) is 5.28 Å². The van der Waals surface area contributed by atoms with Crippen molar-refractivity contribution in [3.63, 3.8) is 0 Å². The molecule has 1 aromatic rings. The lowest BCUT2D eigenvalue weighted by Gasteiger charge is -2.09. The SMILES string of the molecule is O=[N+]([O-])c1cnc(Cl)nc1OCC1CCOC1. The van der Waals surface area contributed by atoms with E-state index in [0.717, 1.165) is 12.6 Å². The highest BCUT2D eigenvalue weighted by molar-refractivity contribution is 6.28. The third-order valence-electron chi connectivity index (χ3n) is 2.38. The van der Waals surface area contributed by atoms with Gasteiger partial charge in [0.1, 0.15) is 6.20 Å². The Balaban J connectivity index is 2.07. The van der Waals surface area contributed by atoms with Crippen LogP contribution in [0.1, 0.15) is 6.42 Å². The Morgan fingerprint density at radius 3 is 3.18 bits per heavy atom. The first kappa shape index (κ1) is 12.0. The largest absolute Gasteiger partial charge is 0.472 e. The minimum Gasteiger partial charge on any atom is -0.472 e. The molecule has 0 bridgehead atoms. The molecule has 1 unspecified atom stereocenters. The molecule has 2 heterocycles. The van der Waals surface area contributed by atoms with Crippen LogP contribution in [0.15, 0.2) is 6.20 Å². The summed E-state index contributed by atoms with van der Waals surface area (Å²) in [5.41, 5.74) is -0.284. The smallest absolute Gasteiger partial charge is 0.349 e. The predicted octanol–water partition coefficient (Wildman–Crippen LogP) is 1.45. The van der Waals surface area contributed by atoms with Crippen molar-refractivity contribution in [2.45, 2.75) is 6.42 Å². The molecule has 0 radical (unpaired) electrons. The quantitative estimate of drug-likeness (QED) is 0.462. The molecular formula is C9H10ClN3O4. The molecule has 1 fully saturated rings. The molecule has 0 aromatic carbocycles. The fraction of sp³-hybridized carbons (Fsp3) is 0.556. The van der Waals surface area contributed by atoms with E-state index < -0.39 is 4.92 Å². The second-order valence-corrected chi connectivity index (χ2v) is 3.97. The van der Waals surface area contributed by atoms with Crippen LogP contribution in [0.25, 0.3) is 0 Å². The summed E-state index contributed by atoms with van der Waals surface area (Å²) in [6, 6.07) is 0. The van der Waals surface area contributed by atoms with Gasteiger partial charge in [-0.25, -0.2) is 4.98 Å². The van der Waals surface area contributed by atoms with E-state index in [4.69, 9.17) is 21.1 Å². The average molecular weight is 260 g/mol. The molecule has 17 heavy (non-hydrogen) atoms. The van der Waals surface area contributed by atoms with Crippen LogP contribution in [-0.4, -0.2) is 34.7 Å². The molecule has 0 amide bonds. The van der Waals surface area contributed by atoms with Crippen LogP contribution in [-0.2, 0) is 4.74 Å². The fourth-order valence-corrected chi connectivity index (χ4v) is 1.61. The predicted molar refractivity (Wildman–Crippen MR) is 58.1 cm³/mol. The molecule has 1 atom stereocenters. The van der Waals surface area contributed by atoms with Gasteiger partial charge >= 0.3 is 5.69 Å². The molecular weight excluding hydrogens is 250 g/mol. The van der Waals surface area contributed by atoms with Crippen LogP contribution in [0.5, 0.6) is 5.88 Å². The number of nitro groups is 1. The first-order valence-electron chi connectivity index (χ1n) is 5.04. The van der Waals surface area contributed by atoms with Crippen LogP contribution < -0.4 is 4.74 Å². The van der Waals surface area contributed by atoms with Crippen LogP contribution in [0, 0.1) is 16.0 Å². The molecule has 1 saturated heterocycles. The lowest BCUT2D eigenvalue weighted by Crippen LogP contribution is -2.13. The zero-order chi connectivity index (χ0) is 12.3. The second-order valence-electron chi connectivity index (χ2n) is 3.63. The summed E-state index contributed by atoms with van der Waals surface area (Å²) in [4.78, 5) is 17.4. The number of rotatable bonds is 4. The lowest BCUT2D eigenvalue weighted by molar-refractivity contribution is -0.386. The van der Waals surface area contributed by atoms with Crippen molar-refractivity contribution in [3.8, 4) is 5.88 Å². The Bertz CT molecular complexity index is 423. The molecule has 1 aliphatic heterocycles. The second kappa shape index (κ2) is 5.24. The maximum Gasteiger partial charge on any atom is 0.349 e. The van der Waals surface area contributed by atoms with Gasteiger partial charge in [-0.1, -0.05) is 0 Å². The van der Waals surface area contributed by atoms with Gasteiger partial charge in [-0.2, -0.15) is 4.98 Å². The zero-order valence-electron chi connectivity index (χ0n) is 8.84. The average Bonchev–Trinajstić information content (AvgIpc) is 2.78. The van der Waals surface area contributed by atoms with Crippen molar-refractivity contribution in [2.24, 2.45) is 5.92 Å².